The fraction of sp³-hybridized carbons (Fsp3) is 0.224. The van der Waals surface area contributed by atoms with Gasteiger partial charge in [0.25, 0.3) is 0 Å². The van der Waals surface area contributed by atoms with Gasteiger partial charge in [-0.25, -0.2) is 0 Å². The molecule has 10 nitrogen and oxygen atoms in total. The highest BCUT2D eigenvalue weighted by molar-refractivity contribution is 6.31. The van der Waals surface area contributed by atoms with E-state index in [2.05, 4.69) is 10.8 Å². The molecule has 0 fully saturated rings. The molecule has 4 atom stereocenters. The number of hydrogen-bond acceptors (Lipinski definition) is 10. The lowest BCUT2D eigenvalue weighted by atomic mass is 9.80. The van der Waals surface area contributed by atoms with E-state index in [1.165, 1.54) is 24.3 Å². The number of rotatable bonds is 18. The van der Waals surface area contributed by atoms with Crippen LogP contribution in [0.25, 0.3) is 5.57 Å². The summed E-state index contributed by atoms with van der Waals surface area (Å²) in [4.78, 5) is 0. The second-order valence-electron chi connectivity index (χ2n) is 14.6. The van der Waals surface area contributed by atoms with Crippen LogP contribution in [0.1, 0.15) is 38.9 Å². The average Bonchev–Trinajstić information content (AvgIpc) is 3.25. The van der Waals surface area contributed by atoms with Crippen LogP contribution in [-0.2, 0) is 51.2 Å². The fourth-order valence-corrected chi connectivity index (χ4v) is 7.47. The Hall–Kier alpha value is -5.21. The highest BCUT2D eigenvalue weighted by atomic mass is 35.5. The second kappa shape index (κ2) is 19.9. The summed E-state index contributed by atoms with van der Waals surface area (Å²) < 4.78 is 31.7. The van der Waals surface area contributed by atoms with Crippen molar-refractivity contribution in [3.63, 3.8) is 0 Å². The van der Waals surface area contributed by atoms with Gasteiger partial charge in [0, 0.05) is 22.1 Å². The lowest BCUT2D eigenvalue weighted by molar-refractivity contribution is -0.419. The van der Waals surface area contributed by atoms with E-state index in [1.54, 1.807) is 18.2 Å². The summed E-state index contributed by atoms with van der Waals surface area (Å²) in [7, 11) is 0. The number of aliphatic hydroxyl groups is 5. The molecule has 0 aromatic heterocycles. The molecule has 0 bridgehead atoms. The summed E-state index contributed by atoms with van der Waals surface area (Å²) in [6.45, 7) is 1.45. The average molecular weight is 831 g/mol. The zero-order chi connectivity index (χ0) is 42.0. The molecule has 0 amide bonds. The summed E-state index contributed by atoms with van der Waals surface area (Å²) in [6, 6.07) is 49.6. The van der Waals surface area contributed by atoms with Crippen LogP contribution in [0.4, 0.5) is 0 Å². The first-order valence-electron chi connectivity index (χ1n) is 19.6. The number of benzene rings is 6. The molecule has 1 aliphatic carbocycles. The van der Waals surface area contributed by atoms with E-state index in [0.29, 0.717) is 24.4 Å². The van der Waals surface area contributed by atoms with Crippen LogP contribution in [0, 0.1) is 5.92 Å². The van der Waals surface area contributed by atoms with Crippen LogP contribution < -0.4 is 4.74 Å². The number of hydrogen-bond donors (Lipinski definition) is 5. The molecule has 0 radical (unpaired) electrons. The molecule has 4 unspecified atom stereocenters. The van der Waals surface area contributed by atoms with Crippen molar-refractivity contribution in [1.29, 1.82) is 0 Å². The van der Waals surface area contributed by atoms with E-state index < -0.39 is 30.3 Å². The Morgan fingerprint density at radius 1 is 0.517 bits per heavy atom. The van der Waals surface area contributed by atoms with E-state index >= 15 is 0 Å². The van der Waals surface area contributed by atoms with Gasteiger partial charge in [0.1, 0.15) is 18.0 Å². The number of ether oxygens (including phenoxy) is 5. The lowest BCUT2D eigenvalue weighted by Gasteiger charge is -2.42. The van der Waals surface area contributed by atoms with E-state index in [4.69, 9.17) is 30.5 Å². The smallest absolute Gasteiger partial charge is 0.417 e. The van der Waals surface area contributed by atoms with Gasteiger partial charge in [-0.2, -0.15) is 0 Å². The molecular weight excluding hydrogens is 784 g/mol. The normalized spacial score (nSPS) is 18.2. The van der Waals surface area contributed by atoms with Gasteiger partial charge in [0.15, 0.2) is 0 Å². The zero-order valence-corrected chi connectivity index (χ0v) is 33.4. The van der Waals surface area contributed by atoms with E-state index in [1.807, 2.05) is 121 Å². The molecule has 0 spiro atoms. The van der Waals surface area contributed by atoms with Gasteiger partial charge < -0.3 is 49.2 Å². The van der Waals surface area contributed by atoms with Crippen molar-refractivity contribution in [3.05, 3.63) is 214 Å². The maximum absolute atomic E-state index is 11.7. The Morgan fingerprint density at radius 2 is 1.00 bits per heavy atom. The van der Waals surface area contributed by atoms with Crippen LogP contribution in [-0.4, -0.2) is 56.6 Å². The SMILES string of the molecule is OC(O)(O)Oc1ccc(C(O)(O)c2cc(C3=CC(COCc4ccccc4)C(OCc4ccccc4)C(OCc4ccccc4)C3OCc3ccccc3)ccc2Cl)cc1. The largest absolute Gasteiger partial charge is 0.453 e. The standard InChI is InChI=1S/C49H47ClO10/c50-44-26-21-38(28-43(44)48(51,52)40-22-24-41(25-23-40)60-49(53,54)55)42-27-39(33-56-29-34-13-5-1-6-14-34)45(57-30-35-15-7-2-8-16-35)47(59-32-37-19-11-4-12-20-37)46(42)58-31-36-17-9-3-10-18-36/h1-28,39,45-47,51-55H,29-33H2. The van der Waals surface area contributed by atoms with Gasteiger partial charge in [0.2, 0.25) is 5.79 Å². The second-order valence-corrected chi connectivity index (χ2v) is 15.0. The van der Waals surface area contributed by atoms with Gasteiger partial charge in [-0.3, -0.25) is 0 Å². The Labute approximate surface area is 354 Å². The summed E-state index contributed by atoms with van der Waals surface area (Å²) in [5, 5.41) is 51.3. The van der Waals surface area contributed by atoms with E-state index in [0.717, 1.165) is 22.3 Å². The molecule has 1 aliphatic rings. The molecule has 0 heterocycles. The van der Waals surface area contributed by atoms with Crippen molar-refractivity contribution < 1.29 is 49.2 Å². The predicted octanol–water partition coefficient (Wildman–Crippen LogP) is 7.48. The maximum atomic E-state index is 11.7. The molecule has 6 aromatic carbocycles. The van der Waals surface area contributed by atoms with Crippen LogP contribution in [0.3, 0.4) is 0 Å². The zero-order valence-electron chi connectivity index (χ0n) is 32.7. The third-order valence-electron chi connectivity index (χ3n) is 10.2. The van der Waals surface area contributed by atoms with Crippen molar-refractivity contribution >= 4 is 17.2 Å². The van der Waals surface area contributed by atoms with Gasteiger partial charge in [0.05, 0.1) is 39.1 Å². The van der Waals surface area contributed by atoms with E-state index in [9.17, 15) is 25.5 Å². The quantitative estimate of drug-likeness (QED) is 0.0553. The summed E-state index contributed by atoms with van der Waals surface area (Å²) >= 11 is 6.73. The Morgan fingerprint density at radius 3 is 1.52 bits per heavy atom. The molecule has 0 saturated carbocycles. The third-order valence-corrected chi connectivity index (χ3v) is 10.5. The molecule has 5 N–H and O–H groups in total. The van der Waals surface area contributed by atoms with Gasteiger partial charge in [-0.15, -0.1) is 0 Å². The summed E-state index contributed by atoms with van der Waals surface area (Å²) in [5.41, 5.74) is 5.19. The monoisotopic (exact) mass is 830 g/mol. The first-order chi connectivity index (χ1) is 29.0. The molecule has 7 rings (SSSR count). The molecule has 0 aliphatic heterocycles. The molecule has 310 valence electrons. The minimum absolute atomic E-state index is 0.00606. The predicted molar refractivity (Wildman–Crippen MR) is 226 cm³/mol. The molecule has 6 aromatic rings. The Kier molecular flexibility index (Phi) is 14.2. The van der Waals surface area contributed by atoms with Crippen LogP contribution >= 0.6 is 11.6 Å². The van der Waals surface area contributed by atoms with Gasteiger partial charge >= 0.3 is 6.16 Å². The lowest BCUT2D eigenvalue weighted by Crippen LogP contribution is -2.50. The van der Waals surface area contributed by atoms with Crippen LogP contribution in [0.5, 0.6) is 5.75 Å². The maximum Gasteiger partial charge on any atom is 0.453 e. The van der Waals surface area contributed by atoms with Crippen molar-refractivity contribution in [2.45, 2.75) is 56.7 Å². The molecule has 0 saturated heterocycles. The van der Waals surface area contributed by atoms with Crippen molar-refractivity contribution in [3.8, 4) is 5.75 Å². The third kappa shape index (κ3) is 11.3. The Bertz CT molecular complexity index is 2270. The highest BCUT2D eigenvalue weighted by Gasteiger charge is 2.44. The van der Waals surface area contributed by atoms with E-state index in [-0.39, 0.29) is 47.6 Å². The van der Waals surface area contributed by atoms with Crippen molar-refractivity contribution in [2.75, 3.05) is 6.61 Å². The van der Waals surface area contributed by atoms with Gasteiger partial charge in [-0.1, -0.05) is 145 Å². The van der Waals surface area contributed by atoms with Gasteiger partial charge in [-0.05, 0) is 69.8 Å². The summed E-state index contributed by atoms with van der Waals surface area (Å²) in [6.07, 6.45) is -3.31. The summed E-state index contributed by atoms with van der Waals surface area (Å²) in [5.74, 6) is -3.13. The van der Waals surface area contributed by atoms with Crippen LogP contribution in [0.2, 0.25) is 5.02 Å². The molecule has 11 heteroatoms. The topological polar surface area (TPSA) is 147 Å². The fourth-order valence-electron chi connectivity index (χ4n) is 7.22. The highest BCUT2D eigenvalue weighted by Crippen LogP contribution is 2.41. The number of halogens is 1. The first kappa shape index (κ1) is 42.9. The minimum Gasteiger partial charge on any atom is -0.417 e. The van der Waals surface area contributed by atoms with Crippen molar-refractivity contribution in [2.24, 2.45) is 5.92 Å². The first-order valence-corrected chi connectivity index (χ1v) is 19.9. The van der Waals surface area contributed by atoms with Crippen LogP contribution in [0.15, 0.2) is 170 Å². The molecular formula is C49H47ClO10. The minimum atomic E-state index is -3.42. The Balaban J connectivity index is 1.31. The molecule has 60 heavy (non-hydrogen) atoms. The van der Waals surface area contributed by atoms with Crippen molar-refractivity contribution in [1.82, 2.24) is 0 Å².